The second-order valence-electron chi connectivity index (χ2n) is 7.23. The number of methoxy groups -OCH3 is 1. The number of carbonyl (C=O) groups excluding carboxylic acids is 2. The Hall–Kier alpha value is -1.88. The molecule has 1 N–H and O–H groups in total. The SMILES string of the molecule is COC(=O)[C@H]1C[C@H]2C(=O)N(Cc3ccccc3)CC(C)(C)[C@H]2N1. The number of fused-ring (bicyclic) bond motifs is 1. The topological polar surface area (TPSA) is 58.6 Å². The highest BCUT2D eigenvalue weighted by molar-refractivity contribution is 5.84. The minimum atomic E-state index is -0.380. The van der Waals surface area contributed by atoms with Crippen molar-refractivity contribution in [2.45, 2.75) is 38.9 Å². The zero-order valence-electron chi connectivity index (χ0n) is 13.9. The number of hydrogen-bond acceptors (Lipinski definition) is 4. The smallest absolute Gasteiger partial charge is 0.322 e. The van der Waals surface area contributed by atoms with Crippen LogP contribution in [0.4, 0.5) is 0 Å². The molecule has 0 unspecified atom stereocenters. The number of hydrogen-bond donors (Lipinski definition) is 1. The first-order chi connectivity index (χ1) is 10.9. The second kappa shape index (κ2) is 5.96. The monoisotopic (exact) mass is 316 g/mol. The first kappa shape index (κ1) is 16.0. The number of amides is 1. The Bertz CT molecular complexity index is 600. The molecule has 5 heteroatoms. The number of likely N-dealkylation sites (tertiary alicyclic amines) is 1. The zero-order chi connectivity index (χ0) is 16.6. The summed E-state index contributed by atoms with van der Waals surface area (Å²) in [5.74, 6) is -0.304. The van der Waals surface area contributed by atoms with E-state index in [2.05, 4.69) is 19.2 Å². The molecule has 2 heterocycles. The van der Waals surface area contributed by atoms with Crippen molar-refractivity contribution < 1.29 is 14.3 Å². The van der Waals surface area contributed by atoms with Gasteiger partial charge in [0.1, 0.15) is 6.04 Å². The summed E-state index contributed by atoms with van der Waals surface area (Å²) in [5.41, 5.74) is 1.04. The Labute approximate surface area is 137 Å². The van der Waals surface area contributed by atoms with Gasteiger partial charge in [-0.1, -0.05) is 44.2 Å². The molecule has 0 aliphatic carbocycles. The van der Waals surface area contributed by atoms with Gasteiger partial charge in [-0.2, -0.15) is 0 Å². The summed E-state index contributed by atoms with van der Waals surface area (Å²) in [4.78, 5) is 26.7. The van der Waals surface area contributed by atoms with E-state index in [1.165, 1.54) is 7.11 Å². The summed E-state index contributed by atoms with van der Waals surface area (Å²) in [6, 6.07) is 9.67. The predicted octanol–water partition coefficient (Wildman–Crippen LogP) is 1.57. The number of benzene rings is 1. The molecule has 2 aliphatic heterocycles. The molecule has 124 valence electrons. The van der Waals surface area contributed by atoms with Gasteiger partial charge in [0, 0.05) is 19.1 Å². The van der Waals surface area contributed by atoms with Crippen molar-refractivity contribution >= 4 is 11.9 Å². The third kappa shape index (κ3) is 2.98. The van der Waals surface area contributed by atoms with Gasteiger partial charge in [0.25, 0.3) is 0 Å². The molecule has 1 aromatic carbocycles. The van der Waals surface area contributed by atoms with Gasteiger partial charge in [-0.3, -0.25) is 9.59 Å². The molecular formula is C18H24N2O3. The fraction of sp³-hybridized carbons (Fsp3) is 0.556. The fourth-order valence-electron chi connectivity index (χ4n) is 3.95. The van der Waals surface area contributed by atoms with Crippen LogP contribution in [0.15, 0.2) is 30.3 Å². The van der Waals surface area contributed by atoms with E-state index in [0.29, 0.717) is 19.5 Å². The number of carbonyl (C=O) groups is 2. The highest BCUT2D eigenvalue weighted by atomic mass is 16.5. The Morgan fingerprint density at radius 3 is 2.70 bits per heavy atom. The molecule has 0 aromatic heterocycles. The van der Waals surface area contributed by atoms with Crippen LogP contribution in [-0.2, 0) is 20.9 Å². The van der Waals surface area contributed by atoms with Crippen molar-refractivity contribution in [2.75, 3.05) is 13.7 Å². The van der Waals surface area contributed by atoms with Crippen LogP contribution in [0.5, 0.6) is 0 Å². The minimum Gasteiger partial charge on any atom is -0.468 e. The number of nitrogens with zero attached hydrogens (tertiary/aromatic N) is 1. The summed E-state index contributed by atoms with van der Waals surface area (Å²) in [7, 11) is 1.39. The Balaban J connectivity index is 1.80. The van der Waals surface area contributed by atoms with Gasteiger partial charge in [-0.05, 0) is 17.4 Å². The summed E-state index contributed by atoms with van der Waals surface area (Å²) in [6.07, 6.45) is 0.519. The van der Waals surface area contributed by atoms with E-state index in [0.717, 1.165) is 5.56 Å². The van der Waals surface area contributed by atoms with Crippen molar-refractivity contribution in [3.8, 4) is 0 Å². The van der Waals surface area contributed by atoms with Gasteiger partial charge in [0.2, 0.25) is 5.91 Å². The number of piperidine rings is 1. The maximum atomic E-state index is 12.9. The van der Waals surface area contributed by atoms with Gasteiger partial charge in [-0.25, -0.2) is 0 Å². The van der Waals surface area contributed by atoms with E-state index in [1.54, 1.807) is 0 Å². The van der Waals surface area contributed by atoms with Gasteiger partial charge in [0.15, 0.2) is 0 Å². The standard InChI is InChI=1S/C18H24N2O3/c1-18(2)11-20(10-12-7-5-4-6-8-12)16(21)13-9-14(17(22)23-3)19-15(13)18/h4-8,13-15,19H,9-11H2,1-3H3/t13-,14-,15+/m1/s1. The van der Waals surface area contributed by atoms with Crippen molar-refractivity contribution in [1.82, 2.24) is 10.2 Å². The molecule has 2 saturated heterocycles. The van der Waals surface area contributed by atoms with Gasteiger partial charge < -0.3 is 15.0 Å². The summed E-state index contributed by atoms with van der Waals surface area (Å²) < 4.78 is 4.84. The molecule has 23 heavy (non-hydrogen) atoms. The molecule has 0 spiro atoms. The lowest BCUT2D eigenvalue weighted by molar-refractivity contribution is -0.144. The van der Waals surface area contributed by atoms with Crippen LogP contribution in [0.1, 0.15) is 25.8 Å². The molecule has 1 amide bonds. The van der Waals surface area contributed by atoms with Crippen LogP contribution in [0.25, 0.3) is 0 Å². The van der Waals surface area contributed by atoms with E-state index >= 15 is 0 Å². The van der Waals surface area contributed by atoms with E-state index < -0.39 is 0 Å². The van der Waals surface area contributed by atoms with E-state index in [1.807, 2.05) is 35.2 Å². The molecule has 0 saturated carbocycles. The van der Waals surface area contributed by atoms with E-state index in [4.69, 9.17) is 4.74 Å². The average Bonchev–Trinajstić information content (AvgIpc) is 2.99. The van der Waals surface area contributed by atoms with Crippen molar-refractivity contribution in [1.29, 1.82) is 0 Å². The van der Waals surface area contributed by atoms with Crippen molar-refractivity contribution in [3.05, 3.63) is 35.9 Å². The summed E-state index contributed by atoms with van der Waals surface area (Å²) >= 11 is 0. The van der Waals surface area contributed by atoms with Crippen LogP contribution >= 0.6 is 0 Å². The van der Waals surface area contributed by atoms with Gasteiger partial charge in [-0.15, -0.1) is 0 Å². The second-order valence-corrected chi connectivity index (χ2v) is 7.23. The number of esters is 1. The summed E-state index contributed by atoms with van der Waals surface area (Å²) in [6.45, 7) is 5.61. The lowest BCUT2D eigenvalue weighted by Gasteiger charge is -2.45. The predicted molar refractivity (Wildman–Crippen MR) is 86.5 cm³/mol. The van der Waals surface area contributed by atoms with E-state index in [9.17, 15) is 9.59 Å². The normalized spacial score (nSPS) is 29.3. The van der Waals surface area contributed by atoms with Gasteiger partial charge in [0.05, 0.1) is 13.0 Å². The molecule has 2 aliphatic rings. The van der Waals surface area contributed by atoms with E-state index in [-0.39, 0.29) is 35.3 Å². The molecular weight excluding hydrogens is 292 g/mol. The lowest BCUT2D eigenvalue weighted by Crippen LogP contribution is -2.58. The third-order valence-corrected chi connectivity index (χ3v) is 5.04. The Morgan fingerprint density at radius 1 is 1.35 bits per heavy atom. The minimum absolute atomic E-state index is 0.0196. The van der Waals surface area contributed by atoms with Crippen LogP contribution in [0.3, 0.4) is 0 Å². The average molecular weight is 316 g/mol. The van der Waals surface area contributed by atoms with Crippen LogP contribution in [0, 0.1) is 11.3 Å². The number of ether oxygens (including phenoxy) is 1. The Morgan fingerprint density at radius 2 is 2.04 bits per heavy atom. The molecule has 0 radical (unpaired) electrons. The molecule has 2 fully saturated rings. The fourth-order valence-corrected chi connectivity index (χ4v) is 3.95. The van der Waals surface area contributed by atoms with Crippen LogP contribution in [-0.4, -0.2) is 42.5 Å². The molecule has 3 atom stereocenters. The maximum absolute atomic E-state index is 12.9. The third-order valence-electron chi connectivity index (χ3n) is 5.04. The van der Waals surface area contributed by atoms with Gasteiger partial charge >= 0.3 is 5.97 Å². The zero-order valence-corrected chi connectivity index (χ0v) is 13.9. The molecule has 3 rings (SSSR count). The van der Waals surface area contributed by atoms with Crippen molar-refractivity contribution in [3.63, 3.8) is 0 Å². The lowest BCUT2D eigenvalue weighted by atomic mass is 9.74. The summed E-state index contributed by atoms with van der Waals surface area (Å²) in [5, 5.41) is 3.33. The number of rotatable bonds is 3. The molecule has 1 aromatic rings. The molecule has 0 bridgehead atoms. The van der Waals surface area contributed by atoms with Crippen LogP contribution in [0.2, 0.25) is 0 Å². The first-order valence-corrected chi connectivity index (χ1v) is 8.09. The van der Waals surface area contributed by atoms with Crippen molar-refractivity contribution in [2.24, 2.45) is 11.3 Å². The molecule has 5 nitrogen and oxygen atoms in total. The quantitative estimate of drug-likeness (QED) is 0.860. The Kier molecular flexibility index (Phi) is 4.15. The largest absolute Gasteiger partial charge is 0.468 e. The van der Waals surface area contributed by atoms with Crippen LogP contribution < -0.4 is 5.32 Å². The highest BCUT2D eigenvalue weighted by Crippen LogP contribution is 2.40. The maximum Gasteiger partial charge on any atom is 0.322 e. The first-order valence-electron chi connectivity index (χ1n) is 8.09. The number of nitrogens with one attached hydrogen (secondary N) is 1. The highest BCUT2D eigenvalue weighted by Gasteiger charge is 2.53.